The molecule has 0 bridgehead atoms. The van der Waals surface area contributed by atoms with E-state index in [1.165, 1.54) is 48.5 Å². The Labute approximate surface area is 381 Å². The summed E-state index contributed by atoms with van der Waals surface area (Å²) in [6.45, 7) is 2.22. The summed E-state index contributed by atoms with van der Waals surface area (Å²) in [5.41, 5.74) is 10.2. The van der Waals surface area contributed by atoms with Crippen LogP contribution in [0.3, 0.4) is 0 Å². The van der Waals surface area contributed by atoms with Gasteiger partial charge in [-0.05, 0) is 74.2 Å². The maximum Gasteiger partial charge on any atom is 0.330 e. The number of fused-ring (bicyclic) bond motifs is 2. The van der Waals surface area contributed by atoms with Crippen molar-refractivity contribution in [2.24, 2.45) is 7.05 Å². The molecule has 3 unspecified atom stereocenters. The lowest BCUT2D eigenvalue weighted by molar-refractivity contribution is -0.136. The molecule has 0 aliphatic carbocycles. The van der Waals surface area contributed by atoms with Crippen LogP contribution in [0.25, 0.3) is 33.3 Å². The summed E-state index contributed by atoms with van der Waals surface area (Å²) < 4.78 is 70.3. The monoisotopic (exact) mass is 938 g/mol. The molecule has 3 aliphatic rings. The van der Waals surface area contributed by atoms with Crippen LogP contribution in [0.5, 0.6) is 11.5 Å². The van der Waals surface area contributed by atoms with Gasteiger partial charge >= 0.3 is 5.76 Å². The number of ether oxygens (including phenoxy) is 2. The minimum atomic E-state index is -3.17. The predicted molar refractivity (Wildman–Crippen MR) is 236 cm³/mol. The molecule has 2 saturated heterocycles. The lowest BCUT2D eigenvalue weighted by Crippen LogP contribution is -2.54. The number of aromatic nitrogens is 5. The zero-order valence-corrected chi connectivity index (χ0v) is 36.6. The number of carbonyl (C=O) groups excluding carboxylic acids is 5. The van der Waals surface area contributed by atoms with Gasteiger partial charge < -0.3 is 20.1 Å². The predicted octanol–water partition coefficient (Wildman–Crippen LogP) is 5.30. The molecule has 18 nitrogen and oxygen atoms in total. The Morgan fingerprint density at radius 3 is 2.43 bits per heavy atom. The van der Waals surface area contributed by atoms with E-state index in [1.807, 2.05) is 10.9 Å². The molecule has 3 aromatic heterocycles. The van der Waals surface area contributed by atoms with Gasteiger partial charge in [-0.25, -0.2) is 13.6 Å². The second-order valence-electron chi connectivity index (χ2n) is 16.2. The molecular weight excluding hydrogens is 898 g/mol. The van der Waals surface area contributed by atoms with Crippen LogP contribution in [0.4, 0.5) is 24.7 Å². The van der Waals surface area contributed by atoms with E-state index < -0.39 is 58.3 Å². The molecule has 2 fully saturated rings. The number of pyridine rings is 1. The fourth-order valence-corrected chi connectivity index (χ4v) is 9.05. The molecular formula is C45H41F3N10O8S. The van der Waals surface area contributed by atoms with Gasteiger partial charge in [-0.3, -0.25) is 48.3 Å². The van der Waals surface area contributed by atoms with Gasteiger partial charge in [-0.1, -0.05) is 18.2 Å². The van der Waals surface area contributed by atoms with Crippen molar-refractivity contribution in [1.82, 2.24) is 39.7 Å². The molecule has 3 atom stereocenters. The number of aryl methyl sites for hydroxylation is 1. The normalized spacial score (nSPS) is 17.5. The van der Waals surface area contributed by atoms with Gasteiger partial charge in [0.15, 0.2) is 17.6 Å². The number of halogens is 3. The highest BCUT2D eigenvalue weighted by atomic mass is 32.2. The third-order valence-electron chi connectivity index (χ3n) is 12.0. The SMILES string of the molecule is CC(Oc1cc(-c2nn(C)c3c(-c4cnn(C5CCN(C(=O)COc6ccc7c(c6)C(=O)N(C6CCC(=O)NC6=O)C7=O)CC5)c4)cnc(N)c23)ccc1NS(=O)C(F)F)c1ccc(F)cc1. The number of nitrogen functional groups attached to an aromatic ring is 1. The number of benzene rings is 3. The van der Waals surface area contributed by atoms with E-state index in [0.29, 0.717) is 59.2 Å². The standard InChI is InChI=1S/C45H41F3N10O8S/c1-23(24-3-6-27(46)7-4-24)66-35-17-25(5-10-33(35)54-67(64)45(47)48)39-38-40(55(2)53-39)32(20-50-41(38)49)26-19-51-57(21-26)28-13-15-56(16-14-28)37(60)22-65-29-8-9-30-31(18-29)44(63)58(43(30)62)34-11-12-36(59)52-42(34)61/h3-10,17-21,23,28,34,45,54H,11-16,22H2,1-2H3,(H2,49,50)(H,52,59,61). The van der Waals surface area contributed by atoms with Crippen molar-refractivity contribution >= 4 is 62.9 Å². The number of nitrogens with zero attached hydrogens (tertiary/aromatic N) is 7. The number of nitrogens with one attached hydrogen (secondary N) is 2. The number of rotatable bonds is 13. The first-order chi connectivity index (χ1) is 32.1. The number of nitrogens with two attached hydrogens (primary N) is 1. The minimum Gasteiger partial charge on any atom is -0.484 e. The van der Waals surface area contributed by atoms with Crippen molar-refractivity contribution in [3.63, 3.8) is 0 Å². The molecule has 346 valence electrons. The molecule has 22 heteroatoms. The maximum absolute atomic E-state index is 13.7. The number of imide groups is 2. The highest BCUT2D eigenvalue weighted by Crippen LogP contribution is 2.41. The molecule has 6 aromatic rings. The fraction of sp³-hybridized carbons (Fsp3) is 0.289. The summed E-state index contributed by atoms with van der Waals surface area (Å²) in [7, 11) is -0.990. The Morgan fingerprint density at radius 2 is 1.70 bits per heavy atom. The first-order valence-corrected chi connectivity index (χ1v) is 22.3. The van der Waals surface area contributed by atoms with E-state index in [2.05, 4.69) is 20.1 Å². The maximum atomic E-state index is 13.7. The number of piperidine rings is 2. The van der Waals surface area contributed by atoms with Gasteiger partial charge in [0.05, 0.1) is 40.0 Å². The Bertz CT molecular complexity index is 3010. The molecule has 6 heterocycles. The van der Waals surface area contributed by atoms with Crippen molar-refractivity contribution < 1.29 is 50.8 Å². The lowest BCUT2D eigenvalue weighted by atomic mass is 10.0. The first-order valence-electron chi connectivity index (χ1n) is 21.1. The van der Waals surface area contributed by atoms with Gasteiger partial charge in [-0.15, -0.1) is 0 Å². The van der Waals surface area contributed by atoms with E-state index in [9.17, 15) is 41.4 Å². The van der Waals surface area contributed by atoms with E-state index in [1.54, 1.807) is 48.1 Å². The Balaban J connectivity index is 0.872. The van der Waals surface area contributed by atoms with Crippen LogP contribution in [-0.4, -0.2) is 99.6 Å². The average molecular weight is 939 g/mol. The van der Waals surface area contributed by atoms with Gasteiger partial charge in [-0.2, -0.15) is 19.0 Å². The second kappa shape index (κ2) is 18.0. The Morgan fingerprint density at radius 1 is 0.955 bits per heavy atom. The van der Waals surface area contributed by atoms with Crippen molar-refractivity contribution in [2.45, 2.75) is 56.6 Å². The third-order valence-corrected chi connectivity index (χ3v) is 12.8. The van der Waals surface area contributed by atoms with E-state index in [4.69, 9.17) is 20.3 Å². The Kier molecular flexibility index (Phi) is 12.0. The summed E-state index contributed by atoms with van der Waals surface area (Å²) in [5, 5.41) is 12.1. The quantitative estimate of drug-likeness (QED) is 0.125. The van der Waals surface area contributed by atoms with Crippen molar-refractivity contribution in [3.8, 4) is 33.9 Å². The smallest absolute Gasteiger partial charge is 0.330 e. The second-order valence-corrected chi connectivity index (χ2v) is 17.4. The number of alkyl halides is 2. The van der Waals surface area contributed by atoms with Crippen molar-refractivity contribution in [2.75, 3.05) is 30.2 Å². The summed E-state index contributed by atoms with van der Waals surface area (Å²) >= 11 is 0. The summed E-state index contributed by atoms with van der Waals surface area (Å²) in [6, 6.07) is 13.4. The van der Waals surface area contributed by atoms with Gasteiger partial charge in [0.2, 0.25) is 11.8 Å². The lowest BCUT2D eigenvalue weighted by Gasteiger charge is -2.32. The Hall–Kier alpha value is -7.62. The van der Waals surface area contributed by atoms with Gasteiger partial charge in [0.1, 0.15) is 41.0 Å². The molecule has 9 rings (SSSR count). The molecule has 5 amide bonds. The van der Waals surface area contributed by atoms with E-state index >= 15 is 0 Å². The summed E-state index contributed by atoms with van der Waals surface area (Å²) in [6.07, 6.45) is 5.76. The summed E-state index contributed by atoms with van der Waals surface area (Å²) in [4.78, 5) is 70.6. The van der Waals surface area contributed by atoms with Crippen molar-refractivity contribution in [1.29, 1.82) is 0 Å². The average Bonchev–Trinajstić information content (AvgIpc) is 4.01. The molecule has 0 saturated carbocycles. The molecule has 0 spiro atoms. The van der Waals surface area contributed by atoms with Crippen LogP contribution in [0, 0.1) is 5.82 Å². The molecule has 4 N–H and O–H groups in total. The van der Waals surface area contributed by atoms with Crippen LogP contribution < -0.4 is 25.2 Å². The largest absolute Gasteiger partial charge is 0.484 e. The van der Waals surface area contributed by atoms with E-state index in [-0.39, 0.29) is 65.5 Å². The molecule has 3 aliphatic heterocycles. The van der Waals surface area contributed by atoms with Crippen LogP contribution in [0.1, 0.15) is 71.0 Å². The van der Waals surface area contributed by atoms with E-state index in [0.717, 1.165) is 10.5 Å². The van der Waals surface area contributed by atoms with Crippen LogP contribution >= 0.6 is 0 Å². The highest BCUT2D eigenvalue weighted by molar-refractivity contribution is 7.86. The number of carbonyl (C=O) groups is 5. The first kappa shape index (κ1) is 44.6. The molecule has 0 radical (unpaired) electrons. The minimum absolute atomic E-state index is 0.00191. The molecule has 67 heavy (non-hydrogen) atoms. The van der Waals surface area contributed by atoms with Crippen LogP contribution in [0.15, 0.2) is 79.3 Å². The summed E-state index contributed by atoms with van der Waals surface area (Å²) in [5.74, 6) is -5.92. The van der Waals surface area contributed by atoms with Crippen molar-refractivity contribution in [3.05, 3.63) is 102 Å². The van der Waals surface area contributed by atoms with Gasteiger partial charge in [0.25, 0.3) is 17.7 Å². The van der Waals surface area contributed by atoms with Gasteiger partial charge in [0, 0.05) is 55.6 Å². The number of likely N-dealkylation sites (tertiary alicyclic amines) is 1. The van der Waals surface area contributed by atoms with Crippen LogP contribution in [0.2, 0.25) is 0 Å². The molecule has 3 aromatic carbocycles. The highest BCUT2D eigenvalue weighted by Gasteiger charge is 2.45. The number of hydrogen-bond acceptors (Lipinski definition) is 12. The zero-order chi connectivity index (χ0) is 47.3. The third kappa shape index (κ3) is 8.66. The number of anilines is 2. The zero-order valence-electron chi connectivity index (χ0n) is 35.8. The number of hydrogen-bond donors (Lipinski definition) is 3. The number of amides is 5. The fourth-order valence-electron chi connectivity index (χ4n) is 8.58. The topological polar surface area (TPSA) is 226 Å². The van der Waals surface area contributed by atoms with Crippen LogP contribution in [-0.2, 0) is 32.4 Å².